The van der Waals surface area contributed by atoms with Gasteiger partial charge < -0.3 is 9.64 Å². The molecule has 0 bridgehead atoms. The van der Waals surface area contributed by atoms with Crippen molar-refractivity contribution in [3.63, 3.8) is 0 Å². The van der Waals surface area contributed by atoms with Crippen LogP contribution in [0.5, 0.6) is 5.75 Å². The molecule has 1 heterocycles. The van der Waals surface area contributed by atoms with E-state index in [1.807, 2.05) is 85.7 Å². The van der Waals surface area contributed by atoms with Gasteiger partial charge in [-0.25, -0.2) is 0 Å². The lowest BCUT2D eigenvalue weighted by Gasteiger charge is -2.40. The third kappa shape index (κ3) is 3.84. The topological polar surface area (TPSA) is 53.1 Å². The zero-order chi connectivity index (χ0) is 22.0. The number of hydrogen-bond donors (Lipinski definition) is 0. The van der Waals surface area contributed by atoms with E-state index in [9.17, 15) is 9.59 Å². The highest BCUT2D eigenvalue weighted by Crippen LogP contribution is 2.37. The van der Waals surface area contributed by atoms with Crippen molar-refractivity contribution in [2.24, 2.45) is 0 Å². The van der Waals surface area contributed by atoms with Crippen molar-refractivity contribution in [1.29, 1.82) is 0 Å². The largest absolute Gasteiger partial charge is 0.495 e. The van der Waals surface area contributed by atoms with Crippen molar-refractivity contribution in [1.82, 2.24) is 0 Å². The molecule has 6 nitrogen and oxygen atoms in total. The second-order valence-corrected chi connectivity index (χ2v) is 7.58. The van der Waals surface area contributed by atoms with E-state index in [2.05, 4.69) is 0 Å². The SMILES string of the molecule is COc1ccccc1N1CC(=O)N(c2ccccc2)C(c2ccc(N(C)C)cc2)C1=O. The monoisotopic (exact) mass is 415 g/mol. The molecular weight excluding hydrogens is 390 g/mol. The Morgan fingerprint density at radius 3 is 2.16 bits per heavy atom. The summed E-state index contributed by atoms with van der Waals surface area (Å²) < 4.78 is 5.45. The fourth-order valence-electron chi connectivity index (χ4n) is 3.88. The first kappa shape index (κ1) is 20.5. The minimum absolute atomic E-state index is 0.0552. The van der Waals surface area contributed by atoms with Crippen LogP contribution in [-0.2, 0) is 9.59 Å². The highest BCUT2D eigenvalue weighted by atomic mass is 16.5. The van der Waals surface area contributed by atoms with Crippen LogP contribution in [0, 0.1) is 0 Å². The second-order valence-electron chi connectivity index (χ2n) is 7.58. The Morgan fingerprint density at radius 2 is 1.52 bits per heavy atom. The van der Waals surface area contributed by atoms with Gasteiger partial charge in [0.2, 0.25) is 5.91 Å². The Labute approximate surface area is 182 Å². The molecule has 3 aromatic rings. The van der Waals surface area contributed by atoms with Gasteiger partial charge in [-0.2, -0.15) is 0 Å². The Hall–Kier alpha value is -3.80. The molecule has 1 unspecified atom stereocenters. The van der Waals surface area contributed by atoms with Crippen molar-refractivity contribution in [3.05, 3.63) is 84.4 Å². The van der Waals surface area contributed by atoms with Gasteiger partial charge in [-0.05, 0) is 42.0 Å². The molecule has 0 aliphatic carbocycles. The number of carbonyl (C=O) groups is 2. The van der Waals surface area contributed by atoms with Crippen LogP contribution in [0.3, 0.4) is 0 Å². The van der Waals surface area contributed by atoms with Gasteiger partial charge in [-0.1, -0.05) is 42.5 Å². The van der Waals surface area contributed by atoms with E-state index in [1.165, 1.54) is 4.90 Å². The molecule has 158 valence electrons. The first-order valence-corrected chi connectivity index (χ1v) is 10.1. The number of para-hydroxylation sites is 3. The maximum Gasteiger partial charge on any atom is 0.255 e. The number of hydrogen-bond acceptors (Lipinski definition) is 4. The van der Waals surface area contributed by atoms with Crippen LogP contribution < -0.4 is 19.4 Å². The molecule has 0 aromatic heterocycles. The highest BCUT2D eigenvalue weighted by molar-refractivity contribution is 6.15. The van der Waals surface area contributed by atoms with Gasteiger partial charge in [-0.3, -0.25) is 19.4 Å². The predicted octanol–water partition coefficient (Wildman–Crippen LogP) is 3.88. The van der Waals surface area contributed by atoms with E-state index in [1.54, 1.807) is 24.1 Å². The number of rotatable bonds is 5. The molecule has 1 fully saturated rings. The Kier molecular flexibility index (Phi) is 5.62. The summed E-state index contributed by atoms with van der Waals surface area (Å²) in [6.45, 7) is -0.0552. The maximum atomic E-state index is 13.8. The molecule has 0 N–H and O–H groups in total. The molecule has 0 spiro atoms. The third-order valence-electron chi connectivity index (χ3n) is 5.46. The summed E-state index contributed by atoms with van der Waals surface area (Å²) in [5.74, 6) is 0.225. The first-order valence-electron chi connectivity index (χ1n) is 10.1. The highest BCUT2D eigenvalue weighted by Gasteiger charge is 2.42. The van der Waals surface area contributed by atoms with E-state index in [0.717, 1.165) is 11.3 Å². The number of ether oxygens (including phenoxy) is 1. The number of benzene rings is 3. The predicted molar refractivity (Wildman–Crippen MR) is 123 cm³/mol. The second kappa shape index (κ2) is 8.52. The molecule has 31 heavy (non-hydrogen) atoms. The summed E-state index contributed by atoms with van der Waals surface area (Å²) >= 11 is 0. The molecule has 6 heteroatoms. The van der Waals surface area contributed by atoms with Gasteiger partial charge in [0.25, 0.3) is 5.91 Å². The zero-order valence-electron chi connectivity index (χ0n) is 17.9. The van der Waals surface area contributed by atoms with Crippen molar-refractivity contribution in [3.8, 4) is 5.75 Å². The summed E-state index contributed by atoms with van der Waals surface area (Å²) in [6.07, 6.45) is 0. The van der Waals surface area contributed by atoms with Crippen LogP contribution in [0.25, 0.3) is 0 Å². The quantitative estimate of drug-likeness (QED) is 0.635. The smallest absolute Gasteiger partial charge is 0.255 e. The van der Waals surface area contributed by atoms with E-state index >= 15 is 0 Å². The molecule has 3 aromatic carbocycles. The van der Waals surface area contributed by atoms with E-state index in [4.69, 9.17) is 4.74 Å². The summed E-state index contributed by atoms with van der Waals surface area (Å²) in [6, 6.07) is 23.6. The average molecular weight is 415 g/mol. The minimum atomic E-state index is -0.773. The van der Waals surface area contributed by atoms with Crippen molar-refractivity contribution in [2.45, 2.75) is 6.04 Å². The molecule has 2 amide bonds. The fourth-order valence-corrected chi connectivity index (χ4v) is 3.88. The van der Waals surface area contributed by atoms with Gasteiger partial charge in [-0.15, -0.1) is 0 Å². The van der Waals surface area contributed by atoms with Gasteiger partial charge in [0.15, 0.2) is 0 Å². The van der Waals surface area contributed by atoms with Crippen LogP contribution in [0.4, 0.5) is 17.1 Å². The van der Waals surface area contributed by atoms with Crippen molar-refractivity contribution >= 4 is 28.9 Å². The molecule has 1 atom stereocenters. The Balaban J connectivity index is 1.81. The number of piperazine rings is 1. The molecule has 1 aliphatic heterocycles. The lowest BCUT2D eigenvalue weighted by molar-refractivity contribution is -0.128. The van der Waals surface area contributed by atoms with E-state index in [-0.39, 0.29) is 18.4 Å². The van der Waals surface area contributed by atoms with Crippen LogP contribution in [-0.4, -0.2) is 39.6 Å². The van der Waals surface area contributed by atoms with Crippen LogP contribution >= 0.6 is 0 Å². The number of methoxy groups -OCH3 is 1. The lowest BCUT2D eigenvalue weighted by atomic mass is 9.99. The summed E-state index contributed by atoms with van der Waals surface area (Å²) in [4.78, 5) is 32.3. The normalized spacial score (nSPS) is 16.4. The van der Waals surface area contributed by atoms with Crippen molar-refractivity contribution < 1.29 is 14.3 Å². The molecule has 0 saturated carbocycles. The van der Waals surface area contributed by atoms with E-state index < -0.39 is 6.04 Å². The van der Waals surface area contributed by atoms with Crippen LogP contribution in [0.2, 0.25) is 0 Å². The number of anilines is 3. The van der Waals surface area contributed by atoms with Crippen LogP contribution in [0.15, 0.2) is 78.9 Å². The van der Waals surface area contributed by atoms with E-state index in [0.29, 0.717) is 17.1 Å². The van der Waals surface area contributed by atoms with Crippen LogP contribution in [0.1, 0.15) is 11.6 Å². The minimum Gasteiger partial charge on any atom is -0.495 e. The van der Waals surface area contributed by atoms with Gasteiger partial charge in [0.1, 0.15) is 18.3 Å². The zero-order valence-corrected chi connectivity index (χ0v) is 17.9. The first-order chi connectivity index (χ1) is 15.0. The molecule has 1 aliphatic rings. The fraction of sp³-hybridized carbons (Fsp3) is 0.200. The molecule has 1 saturated heterocycles. The molecular formula is C25H25N3O3. The number of carbonyl (C=O) groups excluding carboxylic acids is 2. The summed E-state index contributed by atoms with van der Waals surface area (Å²) in [5.41, 5.74) is 3.06. The molecule has 4 rings (SSSR count). The standard InChI is InChI=1S/C25H25N3O3/c1-26(2)19-15-13-18(14-16-19)24-25(30)27(21-11-7-8-12-22(21)31-3)17-23(29)28(24)20-9-5-4-6-10-20/h4-16,24H,17H2,1-3H3. The maximum absolute atomic E-state index is 13.8. The van der Waals surface area contributed by atoms with Crippen molar-refractivity contribution in [2.75, 3.05) is 42.4 Å². The Morgan fingerprint density at radius 1 is 0.871 bits per heavy atom. The lowest BCUT2D eigenvalue weighted by Crippen LogP contribution is -2.56. The Bertz CT molecular complexity index is 1080. The average Bonchev–Trinajstić information content (AvgIpc) is 2.80. The molecule has 0 radical (unpaired) electrons. The summed E-state index contributed by atoms with van der Waals surface area (Å²) in [5, 5.41) is 0. The van der Waals surface area contributed by atoms with Gasteiger partial charge >= 0.3 is 0 Å². The summed E-state index contributed by atoms with van der Waals surface area (Å²) in [7, 11) is 5.48. The third-order valence-corrected chi connectivity index (χ3v) is 5.46. The number of amides is 2. The van der Waals surface area contributed by atoms with Gasteiger partial charge in [0, 0.05) is 25.5 Å². The van der Waals surface area contributed by atoms with Gasteiger partial charge in [0.05, 0.1) is 12.8 Å². The number of nitrogens with zero attached hydrogens (tertiary/aromatic N) is 3.